The third-order valence-corrected chi connectivity index (χ3v) is 6.39. The molecule has 2 heterocycles. The van der Waals surface area contributed by atoms with Crippen LogP contribution in [0.25, 0.3) is 0 Å². The summed E-state index contributed by atoms with van der Waals surface area (Å²) in [7, 11) is 0. The molecule has 3 aromatic rings. The van der Waals surface area contributed by atoms with Gasteiger partial charge in [-0.3, -0.25) is 9.59 Å². The summed E-state index contributed by atoms with van der Waals surface area (Å²) in [6, 6.07) is 14.5. The molecule has 0 spiro atoms. The Kier molecular flexibility index (Phi) is 6.73. The Morgan fingerprint density at radius 2 is 1.74 bits per heavy atom. The number of anilines is 2. The first-order chi connectivity index (χ1) is 16.2. The molecule has 2 amide bonds. The van der Waals surface area contributed by atoms with E-state index < -0.39 is 17.6 Å². The van der Waals surface area contributed by atoms with Gasteiger partial charge in [0.1, 0.15) is 4.88 Å². The molecule has 0 saturated carbocycles. The Morgan fingerprint density at radius 3 is 2.41 bits per heavy atom. The molecule has 11 heteroatoms. The standard InChI is InChI=1S/C23H22F3N5O2S/c24-23(25,26)16-7-4-8-17(13-16)30-9-11-31(12-10-30)22(33)20-18(27)19(29-34-20)21(32)28-14-15-5-2-1-3-6-15/h1-8,13H,9-12,14,27H2,(H,28,32). The molecule has 0 bridgehead atoms. The van der Waals surface area contributed by atoms with Crippen molar-refractivity contribution in [3.8, 4) is 0 Å². The lowest BCUT2D eigenvalue weighted by Crippen LogP contribution is -2.48. The lowest BCUT2D eigenvalue weighted by molar-refractivity contribution is -0.137. The SMILES string of the molecule is Nc1c(C(=O)NCc2ccccc2)nsc1C(=O)N1CCN(c2cccc(C(F)(F)F)c2)CC1. The highest BCUT2D eigenvalue weighted by molar-refractivity contribution is 7.09. The number of carbonyl (C=O) groups is 2. The summed E-state index contributed by atoms with van der Waals surface area (Å²) >= 11 is 0.864. The van der Waals surface area contributed by atoms with Crippen molar-refractivity contribution >= 4 is 34.7 Å². The van der Waals surface area contributed by atoms with Crippen molar-refractivity contribution in [2.45, 2.75) is 12.7 Å². The molecule has 1 aromatic heterocycles. The predicted octanol–water partition coefficient (Wildman–Crippen LogP) is 3.64. The second-order valence-corrected chi connectivity index (χ2v) is 8.54. The average Bonchev–Trinajstić information content (AvgIpc) is 3.23. The fraction of sp³-hybridized carbons (Fsp3) is 0.261. The van der Waals surface area contributed by atoms with Gasteiger partial charge in [-0.25, -0.2) is 0 Å². The van der Waals surface area contributed by atoms with Crippen molar-refractivity contribution in [2.24, 2.45) is 0 Å². The predicted molar refractivity (Wildman–Crippen MR) is 124 cm³/mol. The van der Waals surface area contributed by atoms with Gasteiger partial charge in [0.15, 0.2) is 5.69 Å². The van der Waals surface area contributed by atoms with Crippen molar-refractivity contribution in [1.82, 2.24) is 14.6 Å². The van der Waals surface area contributed by atoms with Gasteiger partial charge in [-0.15, -0.1) is 0 Å². The van der Waals surface area contributed by atoms with Crippen LogP contribution in [-0.4, -0.2) is 47.3 Å². The van der Waals surface area contributed by atoms with E-state index >= 15 is 0 Å². The molecular formula is C23H22F3N5O2S. The zero-order valence-electron chi connectivity index (χ0n) is 18.0. The van der Waals surface area contributed by atoms with E-state index in [1.54, 1.807) is 15.9 Å². The second kappa shape index (κ2) is 9.72. The van der Waals surface area contributed by atoms with Crippen LogP contribution in [-0.2, 0) is 12.7 Å². The first-order valence-electron chi connectivity index (χ1n) is 10.5. The van der Waals surface area contributed by atoms with Crippen LogP contribution in [0.15, 0.2) is 54.6 Å². The maximum atomic E-state index is 13.0. The van der Waals surface area contributed by atoms with Crippen LogP contribution in [0, 0.1) is 0 Å². The summed E-state index contributed by atoms with van der Waals surface area (Å²) in [4.78, 5) is 29.0. The molecule has 3 N–H and O–H groups in total. The van der Waals surface area contributed by atoms with E-state index in [4.69, 9.17) is 5.73 Å². The third kappa shape index (κ3) is 5.14. The monoisotopic (exact) mass is 489 g/mol. The Morgan fingerprint density at radius 1 is 1.03 bits per heavy atom. The molecule has 1 aliphatic rings. The molecule has 0 atom stereocenters. The Bertz CT molecular complexity index is 1170. The van der Waals surface area contributed by atoms with Crippen molar-refractivity contribution in [2.75, 3.05) is 36.8 Å². The summed E-state index contributed by atoms with van der Waals surface area (Å²) in [6.45, 7) is 1.66. The van der Waals surface area contributed by atoms with Gasteiger partial charge in [-0.1, -0.05) is 36.4 Å². The number of nitrogens with zero attached hydrogens (tertiary/aromatic N) is 3. The van der Waals surface area contributed by atoms with Gasteiger partial charge in [0.2, 0.25) is 0 Å². The Labute approximate surface area is 198 Å². The molecule has 2 aromatic carbocycles. The fourth-order valence-electron chi connectivity index (χ4n) is 3.67. The van der Waals surface area contributed by atoms with Gasteiger partial charge < -0.3 is 20.9 Å². The van der Waals surface area contributed by atoms with E-state index in [0.29, 0.717) is 38.4 Å². The normalized spacial score (nSPS) is 14.2. The van der Waals surface area contributed by atoms with Crippen LogP contribution >= 0.6 is 11.5 Å². The number of nitrogen functional groups attached to an aromatic ring is 1. The minimum absolute atomic E-state index is 0.00637. The number of benzene rings is 2. The van der Waals surface area contributed by atoms with Crippen LogP contribution in [0.3, 0.4) is 0 Å². The van der Waals surface area contributed by atoms with Crippen LogP contribution in [0.1, 0.15) is 31.3 Å². The molecule has 0 unspecified atom stereocenters. The molecule has 1 fully saturated rings. The Balaban J connectivity index is 1.37. The van der Waals surface area contributed by atoms with E-state index in [9.17, 15) is 22.8 Å². The quantitative estimate of drug-likeness (QED) is 0.571. The van der Waals surface area contributed by atoms with Crippen molar-refractivity contribution in [3.05, 3.63) is 76.3 Å². The van der Waals surface area contributed by atoms with E-state index in [1.807, 2.05) is 30.3 Å². The van der Waals surface area contributed by atoms with Crippen LogP contribution in [0.5, 0.6) is 0 Å². The number of nitrogens with two attached hydrogens (primary N) is 1. The van der Waals surface area contributed by atoms with Gasteiger partial charge in [0, 0.05) is 38.4 Å². The highest BCUT2D eigenvalue weighted by atomic mass is 32.1. The van der Waals surface area contributed by atoms with E-state index in [2.05, 4.69) is 9.69 Å². The van der Waals surface area contributed by atoms with Gasteiger partial charge in [-0.2, -0.15) is 17.5 Å². The molecule has 4 rings (SSSR count). The van der Waals surface area contributed by atoms with Crippen LogP contribution in [0.2, 0.25) is 0 Å². The topological polar surface area (TPSA) is 91.6 Å². The zero-order chi connectivity index (χ0) is 24.3. The number of aromatic nitrogens is 1. The minimum Gasteiger partial charge on any atom is -0.395 e. The first-order valence-corrected chi connectivity index (χ1v) is 11.3. The summed E-state index contributed by atoms with van der Waals surface area (Å²) in [5.74, 6) is -0.813. The molecular weight excluding hydrogens is 467 g/mol. The Hall–Kier alpha value is -3.60. The number of alkyl halides is 3. The number of rotatable bonds is 5. The van der Waals surface area contributed by atoms with Gasteiger partial charge in [-0.05, 0) is 35.3 Å². The third-order valence-electron chi connectivity index (χ3n) is 5.54. The summed E-state index contributed by atoms with van der Waals surface area (Å²) in [5.41, 5.74) is 6.78. The number of halogens is 3. The average molecular weight is 490 g/mol. The summed E-state index contributed by atoms with van der Waals surface area (Å²) in [5, 5.41) is 2.74. The minimum atomic E-state index is -4.41. The van der Waals surface area contributed by atoms with Crippen LogP contribution in [0.4, 0.5) is 24.5 Å². The van der Waals surface area contributed by atoms with Crippen molar-refractivity contribution in [1.29, 1.82) is 0 Å². The largest absolute Gasteiger partial charge is 0.416 e. The van der Waals surface area contributed by atoms with Crippen LogP contribution < -0.4 is 16.0 Å². The maximum Gasteiger partial charge on any atom is 0.416 e. The second-order valence-electron chi connectivity index (χ2n) is 7.77. The molecule has 178 valence electrons. The first kappa shape index (κ1) is 23.6. The van der Waals surface area contributed by atoms with E-state index in [-0.39, 0.29) is 22.2 Å². The lowest BCUT2D eigenvalue weighted by atomic mass is 10.1. The van der Waals surface area contributed by atoms with Crippen molar-refractivity contribution in [3.63, 3.8) is 0 Å². The van der Waals surface area contributed by atoms with Gasteiger partial charge in [0.25, 0.3) is 11.8 Å². The molecule has 34 heavy (non-hydrogen) atoms. The van der Waals surface area contributed by atoms with E-state index in [1.165, 1.54) is 6.07 Å². The number of carbonyl (C=O) groups excluding carboxylic acids is 2. The maximum absolute atomic E-state index is 13.0. The van der Waals surface area contributed by atoms with E-state index in [0.717, 1.165) is 29.2 Å². The number of nitrogens with one attached hydrogen (secondary N) is 1. The van der Waals surface area contributed by atoms with Gasteiger partial charge >= 0.3 is 6.18 Å². The highest BCUT2D eigenvalue weighted by Gasteiger charge is 2.32. The smallest absolute Gasteiger partial charge is 0.395 e. The molecule has 1 saturated heterocycles. The number of hydrogen-bond donors (Lipinski definition) is 2. The summed E-state index contributed by atoms with van der Waals surface area (Å²) in [6.07, 6.45) is -4.41. The lowest BCUT2D eigenvalue weighted by Gasteiger charge is -2.36. The van der Waals surface area contributed by atoms with Gasteiger partial charge in [0.05, 0.1) is 11.3 Å². The zero-order valence-corrected chi connectivity index (χ0v) is 18.8. The highest BCUT2D eigenvalue weighted by Crippen LogP contribution is 2.32. The number of piperazine rings is 1. The number of amides is 2. The molecule has 0 aliphatic carbocycles. The summed E-state index contributed by atoms with van der Waals surface area (Å²) < 4.78 is 43.1. The molecule has 0 radical (unpaired) electrons. The fourth-order valence-corrected chi connectivity index (χ4v) is 4.43. The molecule has 7 nitrogen and oxygen atoms in total. The number of hydrogen-bond acceptors (Lipinski definition) is 6. The molecule has 1 aliphatic heterocycles. The van der Waals surface area contributed by atoms with Crippen molar-refractivity contribution < 1.29 is 22.8 Å².